The Labute approximate surface area is 156 Å². The van der Waals surface area contributed by atoms with Crippen LogP contribution in [0.15, 0.2) is 23.2 Å². The topological polar surface area (TPSA) is 39.7 Å². The Morgan fingerprint density at radius 3 is 2.78 bits per heavy atom. The Kier molecular flexibility index (Phi) is 8.83. The number of rotatable bonds is 5. The molecule has 130 valence electrons. The van der Waals surface area contributed by atoms with Crippen LogP contribution in [0, 0.1) is 18.7 Å². The lowest BCUT2D eigenvalue weighted by Gasteiger charge is -2.16. The third-order valence-corrected chi connectivity index (χ3v) is 4.28. The smallest absolute Gasteiger partial charge is 0.191 e. The summed E-state index contributed by atoms with van der Waals surface area (Å²) in [5, 5.41) is 6.67. The summed E-state index contributed by atoms with van der Waals surface area (Å²) in [5.74, 6) is 1.33. The van der Waals surface area contributed by atoms with Gasteiger partial charge in [0.25, 0.3) is 0 Å². The van der Waals surface area contributed by atoms with E-state index in [1.807, 2.05) is 6.07 Å². The van der Waals surface area contributed by atoms with Gasteiger partial charge in [0.2, 0.25) is 0 Å². The second-order valence-electron chi connectivity index (χ2n) is 5.94. The highest BCUT2D eigenvalue weighted by atomic mass is 127. The molecule has 1 aromatic carbocycles. The van der Waals surface area contributed by atoms with Gasteiger partial charge < -0.3 is 15.5 Å². The summed E-state index contributed by atoms with van der Waals surface area (Å²) in [6.07, 6.45) is 1.25. The molecule has 0 radical (unpaired) electrons. The zero-order chi connectivity index (χ0) is 15.9. The van der Waals surface area contributed by atoms with Crippen molar-refractivity contribution in [1.82, 2.24) is 15.5 Å². The minimum absolute atomic E-state index is 0. The fourth-order valence-electron chi connectivity index (χ4n) is 2.83. The lowest BCUT2D eigenvalue weighted by atomic mass is 10.1. The van der Waals surface area contributed by atoms with Gasteiger partial charge in [-0.05, 0) is 49.5 Å². The number of nitrogens with one attached hydrogen (secondary N) is 2. The highest BCUT2D eigenvalue weighted by Gasteiger charge is 2.20. The molecule has 1 heterocycles. The summed E-state index contributed by atoms with van der Waals surface area (Å²) < 4.78 is 13.3. The molecule has 1 aliphatic heterocycles. The summed E-state index contributed by atoms with van der Waals surface area (Å²) in [4.78, 5) is 6.73. The van der Waals surface area contributed by atoms with Crippen LogP contribution < -0.4 is 10.6 Å². The first kappa shape index (κ1) is 20.2. The highest BCUT2D eigenvalue weighted by molar-refractivity contribution is 14.0. The number of hydrogen-bond donors (Lipinski definition) is 2. The van der Waals surface area contributed by atoms with E-state index in [4.69, 9.17) is 0 Å². The number of likely N-dealkylation sites (tertiary alicyclic amines) is 1. The van der Waals surface area contributed by atoms with Crippen molar-refractivity contribution in [1.29, 1.82) is 0 Å². The van der Waals surface area contributed by atoms with Gasteiger partial charge in [0.05, 0.1) is 0 Å². The van der Waals surface area contributed by atoms with E-state index in [9.17, 15) is 4.39 Å². The van der Waals surface area contributed by atoms with E-state index in [1.165, 1.54) is 19.0 Å². The summed E-state index contributed by atoms with van der Waals surface area (Å²) in [5.41, 5.74) is 1.73. The molecule has 1 fully saturated rings. The fraction of sp³-hybridized carbons (Fsp3) is 0.588. The van der Waals surface area contributed by atoms with Gasteiger partial charge in [0.15, 0.2) is 5.96 Å². The van der Waals surface area contributed by atoms with E-state index in [0.29, 0.717) is 18.0 Å². The average molecular weight is 434 g/mol. The van der Waals surface area contributed by atoms with Crippen LogP contribution in [0.2, 0.25) is 0 Å². The Hall–Kier alpha value is -0.890. The molecule has 1 saturated heterocycles. The van der Waals surface area contributed by atoms with Gasteiger partial charge in [-0.2, -0.15) is 0 Å². The molecule has 0 aromatic heterocycles. The molecule has 1 aromatic rings. The van der Waals surface area contributed by atoms with Crippen LogP contribution in [0.25, 0.3) is 0 Å². The fourth-order valence-corrected chi connectivity index (χ4v) is 2.83. The highest BCUT2D eigenvalue weighted by Crippen LogP contribution is 2.14. The molecule has 0 spiro atoms. The normalized spacial score (nSPS) is 18.6. The molecule has 2 N–H and O–H groups in total. The lowest BCUT2D eigenvalue weighted by Crippen LogP contribution is -2.39. The molecule has 0 saturated carbocycles. The zero-order valence-corrected chi connectivity index (χ0v) is 16.6. The first-order valence-corrected chi connectivity index (χ1v) is 8.04. The third kappa shape index (κ3) is 6.25. The van der Waals surface area contributed by atoms with Crippen molar-refractivity contribution in [2.24, 2.45) is 10.9 Å². The van der Waals surface area contributed by atoms with Crippen LogP contribution in [0.3, 0.4) is 0 Å². The lowest BCUT2D eigenvalue weighted by molar-refractivity contribution is 0.342. The largest absolute Gasteiger partial charge is 0.356 e. The second-order valence-corrected chi connectivity index (χ2v) is 5.94. The molecular weight excluding hydrogens is 406 g/mol. The maximum absolute atomic E-state index is 13.3. The Morgan fingerprint density at radius 2 is 2.17 bits per heavy atom. The van der Waals surface area contributed by atoms with Crippen molar-refractivity contribution in [3.05, 3.63) is 35.1 Å². The molecule has 6 heteroatoms. The number of halogens is 2. The molecule has 0 bridgehead atoms. The van der Waals surface area contributed by atoms with Crippen molar-refractivity contribution in [2.45, 2.75) is 26.8 Å². The van der Waals surface area contributed by atoms with E-state index in [0.717, 1.165) is 31.2 Å². The SMILES string of the molecule is CCN1CCC(CNC(=NC)NCc2ccc(F)c(C)c2)C1.I. The Bertz CT molecular complexity index is 521. The molecule has 1 atom stereocenters. The number of aliphatic imine (C=N–C) groups is 1. The van der Waals surface area contributed by atoms with E-state index in [1.54, 1.807) is 20.0 Å². The van der Waals surface area contributed by atoms with E-state index >= 15 is 0 Å². The minimum Gasteiger partial charge on any atom is -0.356 e. The van der Waals surface area contributed by atoms with Gasteiger partial charge in [-0.25, -0.2) is 4.39 Å². The van der Waals surface area contributed by atoms with Crippen molar-refractivity contribution in [2.75, 3.05) is 33.2 Å². The van der Waals surface area contributed by atoms with Crippen molar-refractivity contribution in [3.63, 3.8) is 0 Å². The Morgan fingerprint density at radius 1 is 1.39 bits per heavy atom. The second kappa shape index (κ2) is 10.1. The monoisotopic (exact) mass is 434 g/mol. The molecule has 4 nitrogen and oxygen atoms in total. The molecule has 0 amide bonds. The molecule has 1 aliphatic rings. The predicted molar refractivity (Wildman–Crippen MR) is 105 cm³/mol. The maximum atomic E-state index is 13.3. The van der Waals surface area contributed by atoms with Crippen molar-refractivity contribution in [3.8, 4) is 0 Å². The van der Waals surface area contributed by atoms with Gasteiger partial charge in [0, 0.05) is 26.7 Å². The molecule has 1 unspecified atom stereocenters. The summed E-state index contributed by atoms with van der Waals surface area (Å²) >= 11 is 0. The number of guanidine groups is 1. The molecule has 2 rings (SSSR count). The van der Waals surface area contributed by atoms with Crippen LogP contribution in [-0.2, 0) is 6.54 Å². The molecule has 23 heavy (non-hydrogen) atoms. The van der Waals surface area contributed by atoms with Crippen LogP contribution >= 0.6 is 24.0 Å². The first-order chi connectivity index (χ1) is 10.6. The number of hydrogen-bond acceptors (Lipinski definition) is 2. The molecular formula is C17H28FIN4. The van der Waals surface area contributed by atoms with Crippen LogP contribution in [0.1, 0.15) is 24.5 Å². The number of aryl methyl sites for hydroxylation is 1. The van der Waals surface area contributed by atoms with Gasteiger partial charge >= 0.3 is 0 Å². The number of benzene rings is 1. The van der Waals surface area contributed by atoms with Crippen LogP contribution in [0.4, 0.5) is 4.39 Å². The van der Waals surface area contributed by atoms with E-state index in [-0.39, 0.29) is 29.8 Å². The average Bonchev–Trinajstić information content (AvgIpc) is 2.99. The van der Waals surface area contributed by atoms with Crippen LogP contribution in [0.5, 0.6) is 0 Å². The Balaban J connectivity index is 0.00000264. The van der Waals surface area contributed by atoms with Gasteiger partial charge in [0.1, 0.15) is 5.82 Å². The van der Waals surface area contributed by atoms with Crippen molar-refractivity contribution < 1.29 is 4.39 Å². The maximum Gasteiger partial charge on any atom is 0.191 e. The minimum atomic E-state index is -0.159. The summed E-state index contributed by atoms with van der Waals surface area (Å²) in [6.45, 7) is 9.08. The van der Waals surface area contributed by atoms with E-state index < -0.39 is 0 Å². The van der Waals surface area contributed by atoms with Gasteiger partial charge in [-0.1, -0.05) is 19.1 Å². The standard InChI is InChI=1S/C17H27FN4.HI/c1-4-22-8-7-15(12-22)11-21-17(19-3)20-10-14-5-6-16(18)13(2)9-14;/h5-6,9,15H,4,7-8,10-12H2,1-3H3,(H2,19,20,21);1H. The summed E-state index contributed by atoms with van der Waals surface area (Å²) in [7, 11) is 1.78. The first-order valence-electron chi connectivity index (χ1n) is 8.04. The van der Waals surface area contributed by atoms with Crippen molar-refractivity contribution >= 4 is 29.9 Å². The quantitative estimate of drug-likeness (QED) is 0.426. The predicted octanol–water partition coefficient (Wildman–Crippen LogP) is 2.76. The zero-order valence-electron chi connectivity index (χ0n) is 14.2. The third-order valence-electron chi connectivity index (χ3n) is 4.28. The molecule has 0 aliphatic carbocycles. The van der Waals surface area contributed by atoms with E-state index in [2.05, 4.69) is 27.4 Å². The number of nitrogens with zero attached hydrogens (tertiary/aromatic N) is 2. The van der Waals surface area contributed by atoms with Gasteiger partial charge in [-0.3, -0.25) is 4.99 Å². The van der Waals surface area contributed by atoms with Crippen LogP contribution in [-0.4, -0.2) is 44.1 Å². The summed E-state index contributed by atoms with van der Waals surface area (Å²) in [6, 6.07) is 5.19. The van der Waals surface area contributed by atoms with Gasteiger partial charge in [-0.15, -0.1) is 24.0 Å².